The van der Waals surface area contributed by atoms with Gasteiger partial charge < -0.3 is 10.6 Å². The van der Waals surface area contributed by atoms with Crippen LogP contribution in [0.2, 0.25) is 0 Å². The fraction of sp³-hybridized carbons (Fsp3) is 0.158. The normalized spacial score (nSPS) is 11.7. The molecule has 0 fully saturated rings. The first-order valence-electron chi connectivity index (χ1n) is 7.87. The minimum Gasteiger partial charge on any atom is -0.343 e. The molecular weight excluding hydrogens is 352 g/mol. The molecule has 0 bridgehead atoms. The fourth-order valence-electron chi connectivity index (χ4n) is 2.39. The summed E-state index contributed by atoms with van der Waals surface area (Å²) in [7, 11) is 0. The Hall–Kier alpha value is -2.44. The Kier molecular flexibility index (Phi) is 5.63. The van der Waals surface area contributed by atoms with Crippen molar-refractivity contribution in [1.82, 2.24) is 10.6 Å². The summed E-state index contributed by atoms with van der Waals surface area (Å²) >= 11 is 3.22. The van der Waals surface area contributed by atoms with Crippen LogP contribution in [-0.4, -0.2) is 11.8 Å². The van der Waals surface area contributed by atoms with Gasteiger partial charge in [-0.2, -0.15) is 11.3 Å². The third-order valence-corrected chi connectivity index (χ3v) is 5.40. The number of hydrogen-bond donors (Lipinski definition) is 2. The minimum atomic E-state index is -0.619. The van der Waals surface area contributed by atoms with Gasteiger partial charge in [0, 0.05) is 4.88 Å². The number of rotatable bonds is 5. The molecule has 0 spiro atoms. The number of thiophene rings is 2. The second-order valence-electron chi connectivity index (χ2n) is 5.60. The van der Waals surface area contributed by atoms with Gasteiger partial charge in [0.1, 0.15) is 0 Å². The lowest BCUT2D eigenvalue weighted by Crippen LogP contribution is -2.40. The van der Waals surface area contributed by atoms with Gasteiger partial charge in [0.25, 0.3) is 0 Å². The number of nitrogens with one attached hydrogen (secondary N) is 2. The van der Waals surface area contributed by atoms with Crippen LogP contribution >= 0.6 is 22.7 Å². The molecule has 2 aromatic heterocycles. The molecule has 0 aliphatic carbocycles. The Labute approximate surface area is 154 Å². The predicted molar refractivity (Wildman–Crippen MR) is 102 cm³/mol. The first kappa shape index (κ1) is 17.4. The Morgan fingerprint density at radius 1 is 1.04 bits per heavy atom. The van der Waals surface area contributed by atoms with Crippen LogP contribution in [0.4, 0.5) is 0 Å². The van der Waals surface area contributed by atoms with Crippen molar-refractivity contribution < 1.29 is 9.59 Å². The molecule has 4 nitrogen and oxygen atoms in total. The molecule has 0 aliphatic heterocycles. The molecule has 2 heterocycles. The van der Waals surface area contributed by atoms with Gasteiger partial charge in [-0.05, 0) is 51.9 Å². The molecule has 0 saturated carbocycles. The number of carbonyl (C=O) groups excluding carboxylic acids is 2. The van der Waals surface area contributed by atoms with Crippen molar-refractivity contribution in [3.8, 4) is 11.1 Å². The zero-order chi connectivity index (χ0) is 17.6. The van der Waals surface area contributed by atoms with Crippen molar-refractivity contribution >= 4 is 34.5 Å². The summed E-state index contributed by atoms with van der Waals surface area (Å²) in [6, 6.07) is 13.4. The van der Waals surface area contributed by atoms with E-state index in [4.69, 9.17) is 0 Å². The minimum absolute atomic E-state index is 0.216. The number of benzene rings is 1. The Morgan fingerprint density at radius 2 is 1.84 bits per heavy atom. The average Bonchev–Trinajstić information content (AvgIpc) is 3.31. The van der Waals surface area contributed by atoms with Crippen LogP contribution in [0, 0.1) is 0 Å². The Balaban J connectivity index is 1.51. The van der Waals surface area contributed by atoms with E-state index in [2.05, 4.69) is 27.5 Å². The molecular formula is C19H18N2O2S2. The summed E-state index contributed by atoms with van der Waals surface area (Å²) < 4.78 is 0. The highest BCUT2D eigenvalue weighted by Gasteiger charge is 2.17. The summed E-state index contributed by atoms with van der Waals surface area (Å²) in [5.41, 5.74) is 3.27. The molecule has 0 aliphatic rings. The van der Waals surface area contributed by atoms with Crippen molar-refractivity contribution in [1.29, 1.82) is 0 Å². The zero-order valence-electron chi connectivity index (χ0n) is 13.7. The summed E-state index contributed by atoms with van der Waals surface area (Å²) in [6.07, 6.45) is 0. The van der Waals surface area contributed by atoms with Crippen molar-refractivity contribution in [2.75, 3.05) is 0 Å². The number of amides is 2. The summed E-state index contributed by atoms with van der Waals surface area (Å²) in [5.74, 6) is -1.24. The highest BCUT2D eigenvalue weighted by Crippen LogP contribution is 2.27. The lowest BCUT2D eigenvalue weighted by Gasteiger charge is -2.13. The largest absolute Gasteiger partial charge is 0.343 e. The fourth-order valence-corrected chi connectivity index (χ4v) is 3.89. The summed E-state index contributed by atoms with van der Waals surface area (Å²) in [5, 5.41) is 11.6. The molecule has 1 unspecified atom stereocenters. The van der Waals surface area contributed by atoms with E-state index in [1.165, 1.54) is 5.56 Å². The van der Waals surface area contributed by atoms with Crippen molar-refractivity contribution in [2.24, 2.45) is 0 Å². The molecule has 2 N–H and O–H groups in total. The van der Waals surface area contributed by atoms with Crippen molar-refractivity contribution in [2.45, 2.75) is 19.5 Å². The topological polar surface area (TPSA) is 58.2 Å². The van der Waals surface area contributed by atoms with Gasteiger partial charge >= 0.3 is 11.8 Å². The first-order valence-corrected chi connectivity index (χ1v) is 9.69. The molecule has 3 rings (SSSR count). The third-order valence-electron chi connectivity index (χ3n) is 3.78. The average molecular weight is 370 g/mol. The molecule has 128 valence electrons. The van der Waals surface area contributed by atoms with Gasteiger partial charge in [-0.3, -0.25) is 9.59 Å². The SMILES string of the molecule is CC(NC(=O)C(=O)NCc1cc(-c2ccsc2)cs1)c1ccccc1. The van der Waals surface area contributed by atoms with Gasteiger partial charge in [0.15, 0.2) is 0 Å². The van der Waals surface area contributed by atoms with Crippen LogP contribution in [0.3, 0.4) is 0 Å². The Morgan fingerprint density at radius 3 is 2.56 bits per heavy atom. The second-order valence-corrected chi connectivity index (χ2v) is 7.38. The predicted octanol–water partition coefficient (Wildman–Crippen LogP) is 3.97. The highest BCUT2D eigenvalue weighted by molar-refractivity contribution is 7.10. The van der Waals surface area contributed by atoms with Crippen LogP contribution in [0.25, 0.3) is 11.1 Å². The van der Waals surface area contributed by atoms with Crippen LogP contribution in [0.15, 0.2) is 58.6 Å². The maximum Gasteiger partial charge on any atom is 0.309 e. The summed E-state index contributed by atoms with van der Waals surface area (Å²) in [4.78, 5) is 25.0. The number of hydrogen-bond acceptors (Lipinski definition) is 4. The van der Waals surface area contributed by atoms with Gasteiger partial charge in [0.05, 0.1) is 12.6 Å². The van der Waals surface area contributed by atoms with Gasteiger partial charge in [-0.25, -0.2) is 0 Å². The van der Waals surface area contributed by atoms with Crippen LogP contribution in [0.5, 0.6) is 0 Å². The molecule has 3 aromatic rings. The molecule has 6 heteroatoms. The molecule has 1 atom stereocenters. The monoisotopic (exact) mass is 370 g/mol. The summed E-state index contributed by atoms with van der Waals surface area (Å²) in [6.45, 7) is 2.20. The highest BCUT2D eigenvalue weighted by atomic mass is 32.1. The van der Waals surface area contributed by atoms with E-state index >= 15 is 0 Å². The molecule has 0 radical (unpaired) electrons. The lowest BCUT2D eigenvalue weighted by atomic mass is 10.1. The van der Waals surface area contributed by atoms with E-state index in [1.807, 2.05) is 48.7 Å². The van der Waals surface area contributed by atoms with Crippen molar-refractivity contribution in [3.63, 3.8) is 0 Å². The van der Waals surface area contributed by atoms with E-state index in [-0.39, 0.29) is 6.04 Å². The van der Waals surface area contributed by atoms with E-state index in [9.17, 15) is 9.59 Å². The maximum atomic E-state index is 12.0. The van der Waals surface area contributed by atoms with Crippen LogP contribution < -0.4 is 10.6 Å². The molecule has 2 amide bonds. The quantitative estimate of drug-likeness (QED) is 0.668. The molecule has 1 aromatic carbocycles. The maximum absolute atomic E-state index is 12.0. The van der Waals surface area contributed by atoms with Crippen LogP contribution in [0.1, 0.15) is 23.4 Å². The number of carbonyl (C=O) groups is 2. The van der Waals surface area contributed by atoms with E-state index in [0.29, 0.717) is 6.54 Å². The van der Waals surface area contributed by atoms with Crippen molar-refractivity contribution in [3.05, 3.63) is 69.0 Å². The van der Waals surface area contributed by atoms with E-state index < -0.39 is 11.8 Å². The van der Waals surface area contributed by atoms with Gasteiger partial charge in [0.2, 0.25) is 0 Å². The molecule has 25 heavy (non-hydrogen) atoms. The van der Waals surface area contributed by atoms with Crippen LogP contribution in [-0.2, 0) is 16.1 Å². The second kappa shape index (κ2) is 8.09. The Bertz CT molecular complexity index is 841. The lowest BCUT2D eigenvalue weighted by molar-refractivity contribution is -0.139. The van der Waals surface area contributed by atoms with E-state index in [0.717, 1.165) is 16.0 Å². The standard InChI is InChI=1S/C19H18N2O2S2/c1-13(14-5-3-2-4-6-14)21-19(23)18(22)20-10-17-9-16(12-25-17)15-7-8-24-11-15/h2-9,11-13H,10H2,1H3,(H,20,22)(H,21,23). The van der Waals surface area contributed by atoms with Gasteiger partial charge in [-0.15, -0.1) is 11.3 Å². The third kappa shape index (κ3) is 4.55. The zero-order valence-corrected chi connectivity index (χ0v) is 15.3. The smallest absolute Gasteiger partial charge is 0.309 e. The first-order chi connectivity index (χ1) is 12.1. The molecule has 0 saturated heterocycles. The van der Waals surface area contributed by atoms with E-state index in [1.54, 1.807) is 22.7 Å². The van der Waals surface area contributed by atoms with Gasteiger partial charge in [-0.1, -0.05) is 30.3 Å².